The second-order valence-electron chi connectivity index (χ2n) is 4.51. The fourth-order valence-electron chi connectivity index (χ4n) is 1.88. The molecule has 0 atom stereocenters. The number of carbonyl (C=O) groups excluding carboxylic acids is 1. The Morgan fingerprint density at radius 3 is 2.74 bits per heavy atom. The van der Waals surface area contributed by atoms with Crippen molar-refractivity contribution in [1.29, 1.82) is 0 Å². The number of alkyl halides is 1. The number of halogens is 1. The van der Waals surface area contributed by atoms with Crippen LogP contribution < -0.4 is 0 Å². The van der Waals surface area contributed by atoms with Crippen LogP contribution in [0.4, 0.5) is 0 Å². The zero-order valence-electron chi connectivity index (χ0n) is 11.0. The molecule has 0 spiro atoms. The van der Waals surface area contributed by atoms with Gasteiger partial charge in [-0.15, -0.1) is 11.6 Å². The Labute approximate surface area is 117 Å². The third kappa shape index (κ3) is 3.38. The molecule has 2 aromatic rings. The standard InChI is InChI=1S/C15H16ClNO2/c1-11-6-7-14(19-11)10-17(2)15(18)13-5-3-4-12(8-13)9-16/h3-8H,9-10H2,1-2H3. The van der Waals surface area contributed by atoms with Gasteiger partial charge in [0.2, 0.25) is 0 Å². The zero-order chi connectivity index (χ0) is 13.8. The maximum atomic E-state index is 12.3. The summed E-state index contributed by atoms with van der Waals surface area (Å²) in [6, 6.07) is 11.1. The van der Waals surface area contributed by atoms with Crippen LogP contribution in [0.5, 0.6) is 0 Å². The lowest BCUT2D eigenvalue weighted by molar-refractivity contribution is 0.0775. The number of hydrogen-bond acceptors (Lipinski definition) is 2. The Bertz CT molecular complexity index is 577. The number of rotatable bonds is 4. The van der Waals surface area contributed by atoms with Gasteiger partial charge in [0.1, 0.15) is 11.5 Å². The minimum absolute atomic E-state index is 0.0407. The van der Waals surface area contributed by atoms with E-state index in [2.05, 4.69) is 0 Å². The Balaban J connectivity index is 2.09. The molecule has 0 N–H and O–H groups in total. The highest BCUT2D eigenvalue weighted by molar-refractivity contribution is 6.17. The fourth-order valence-corrected chi connectivity index (χ4v) is 2.05. The fraction of sp³-hybridized carbons (Fsp3) is 0.267. The van der Waals surface area contributed by atoms with Crippen molar-refractivity contribution in [3.8, 4) is 0 Å². The van der Waals surface area contributed by atoms with Gasteiger partial charge >= 0.3 is 0 Å². The minimum atomic E-state index is -0.0407. The average Bonchev–Trinajstić information content (AvgIpc) is 2.83. The van der Waals surface area contributed by atoms with Crippen LogP contribution in [0.1, 0.15) is 27.4 Å². The van der Waals surface area contributed by atoms with Gasteiger partial charge in [-0.25, -0.2) is 0 Å². The molecular weight excluding hydrogens is 262 g/mol. The van der Waals surface area contributed by atoms with Crippen molar-refractivity contribution in [2.45, 2.75) is 19.3 Å². The molecule has 0 bridgehead atoms. The van der Waals surface area contributed by atoms with E-state index in [0.29, 0.717) is 18.0 Å². The predicted octanol–water partition coefficient (Wildman–Crippen LogP) is 3.60. The van der Waals surface area contributed by atoms with Gasteiger partial charge in [-0.05, 0) is 36.8 Å². The highest BCUT2D eigenvalue weighted by Gasteiger charge is 2.13. The highest BCUT2D eigenvalue weighted by Crippen LogP contribution is 2.13. The third-order valence-electron chi connectivity index (χ3n) is 2.86. The molecule has 3 nitrogen and oxygen atoms in total. The molecule has 0 unspecified atom stereocenters. The van der Waals surface area contributed by atoms with Crippen molar-refractivity contribution in [1.82, 2.24) is 4.90 Å². The number of carbonyl (C=O) groups is 1. The summed E-state index contributed by atoms with van der Waals surface area (Å²) >= 11 is 5.78. The molecule has 19 heavy (non-hydrogen) atoms. The van der Waals surface area contributed by atoms with Gasteiger partial charge in [0.25, 0.3) is 5.91 Å². The molecular formula is C15H16ClNO2. The van der Waals surface area contributed by atoms with Crippen LogP contribution in [0.2, 0.25) is 0 Å². The second kappa shape index (κ2) is 5.93. The van der Waals surface area contributed by atoms with E-state index in [1.807, 2.05) is 37.3 Å². The molecule has 0 radical (unpaired) electrons. The van der Waals surface area contributed by atoms with Gasteiger partial charge in [-0.3, -0.25) is 4.79 Å². The number of aryl methyl sites for hydroxylation is 1. The van der Waals surface area contributed by atoms with Crippen LogP contribution in [-0.2, 0) is 12.4 Å². The first-order valence-corrected chi connectivity index (χ1v) is 6.59. The normalized spacial score (nSPS) is 10.5. The van der Waals surface area contributed by atoms with Crippen LogP contribution in [0.3, 0.4) is 0 Å². The SMILES string of the molecule is Cc1ccc(CN(C)C(=O)c2cccc(CCl)c2)o1. The summed E-state index contributed by atoms with van der Waals surface area (Å²) in [7, 11) is 1.76. The van der Waals surface area contributed by atoms with E-state index in [0.717, 1.165) is 17.1 Å². The summed E-state index contributed by atoms with van der Waals surface area (Å²) < 4.78 is 5.47. The molecule has 0 saturated heterocycles. The summed E-state index contributed by atoms with van der Waals surface area (Å²) in [4.78, 5) is 13.9. The summed E-state index contributed by atoms with van der Waals surface area (Å²) in [5.41, 5.74) is 1.58. The summed E-state index contributed by atoms with van der Waals surface area (Å²) in [6.07, 6.45) is 0. The van der Waals surface area contributed by atoms with Crippen molar-refractivity contribution in [3.05, 3.63) is 59.0 Å². The van der Waals surface area contributed by atoms with Crippen molar-refractivity contribution in [2.75, 3.05) is 7.05 Å². The second-order valence-corrected chi connectivity index (χ2v) is 4.77. The quantitative estimate of drug-likeness (QED) is 0.800. The van der Waals surface area contributed by atoms with E-state index >= 15 is 0 Å². The van der Waals surface area contributed by atoms with Gasteiger partial charge in [0, 0.05) is 18.5 Å². The van der Waals surface area contributed by atoms with Crippen LogP contribution in [0.15, 0.2) is 40.8 Å². The van der Waals surface area contributed by atoms with E-state index in [-0.39, 0.29) is 5.91 Å². The van der Waals surface area contributed by atoms with Crippen molar-refractivity contribution in [2.24, 2.45) is 0 Å². The average molecular weight is 278 g/mol. The van der Waals surface area contributed by atoms with Crippen LogP contribution >= 0.6 is 11.6 Å². The molecule has 0 aliphatic carbocycles. The topological polar surface area (TPSA) is 33.5 Å². The number of amides is 1. The Morgan fingerprint density at radius 1 is 1.32 bits per heavy atom. The molecule has 4 heteroatoms. The van der Waals surface area contributed by atoms with Crippen molar-refractivity contribution in [3.63, 3.8) is 0 Å². The van der Waals surface area contributed by atoms with Crippen LogP contribution in [0, 0.1) is 6.92 Å². The minimum Gasteiger partial charge on any atom is -0.464 e. The lowest BCUT2D eigenvalue weighted by atomic mass is 10.1. The van der Waals surface area contributed by atoms with Gasteiger partial charge in [0.05, 0.1) is 6.54 Å². The first-order valence-electron chi connectivity index (χ1n) is 6.06. The highest BCUT2D eigenvalue weighted by atomic mass is 35.5. The molecule has 0 aliphatic heterocycles. The summed E-state index contributed by atoms with van der Waals surface area (Å²) in [6.45, 7) is 2.34. The summed E-state index contributed by atoms with van der Waals surface area (Å²) in [5, 5.41) is 0. The number of hydrogen-bond donors (Lipinski definition) is 0. The van der Waals surface area contributed by atoms with Gasteiger partial charge < -0.3 is 9.32 Å². The zero-order valence-corrected chi connectivity index (χ0v) is 11.8. The number of furan rings is 1. The molecule has 0 saturated carbocycles. The molecule has 1 amide bonds. The molecule has 1 aromatic heterocycles. The smallest absolute Gasteiger partial charge is 0.254 e. The van der Waals surface area contributed by atoms with E-state index in [1.165, 1.54) is 0 Å². The number of benzene rings is 1. The third-order valence-corrected chi connectivity index (χ3v) is 3.17. The van der Waals surface area contributed by atoms with Gasteiger partial charge in [-0.2, -0.15) is 0 Å². The summed E-state index contributed by atoms with van der Waals surface area (Å²) in [5.74, 6) is 1.99. The van der Waals surface area contributed by atoms with Crippen molar-refractivity contribution >= 4 is 17.5 Å². The van der Waals surface area contributed by atoms with Crippen LogP contribution in [-0.4, -0.2) is 17.9 Å². The predicted molar refractivity (Wildman–Crippen MR) is 75.2 cm³/mol. The first kappa shape index (κ1) is 13.7. The van der Waals surface area contributed by atoms with E-state index < -0.39 is 0 Å². The Kier molecular flexibility index (Phi) is 4.27. The number of nitrogens with zero attached hydrogens (tertiary/aromatic N) is 1. The first-order chi connectivity index (χ1) is 9.10. The molecule has 0 fully saturated rings. The van der Waals surface area contributed by atoms with Gasteiger partial charge in [0.15, 0.2) is 0 Å². The molecule has 1 aromatic carbocycles. The maximum Gasteiger partial charge on any atom is 0.254 e. The maximum absolute atomic E-state index is 12.3. The largest absolute Gasteiger partial charge is 0.464 e. The van der Waals surface area contributed by atoms with E-state index in [4.69, 9.17) is 16.0 Å². The van der Waals surface area contributed by atoms with Gasteiger partial charge in [-0.1, -0.05) is 12.1 Å². The molecule has 0 aliphatic rings. The lowest BCUT2D eigenvalue weighted by Gasteiger charge is -2.16. The Hall–Kier alpha value is -1.74. The monoisotopic (exact) mass is 277 g/mol. The molecule has 100 valence electrons. The molecule has 1 heterocycles. The van der Waals surface area contributed by atoms with Crippen LogP contribution in [0.25, 0.3) is 0 Å². The Morgan fingerprint density at radius 2 is 2.11 bits per heavy atom. The van der Waals surface area contributed by atoms with Crippen molar-refractivity contribution < 1.29 is 9.21 Å². The van der Waals surface area contributed by atoms with E-state index in [9.17, 15) is 4.79 Å². The molecule has 2 rings (SSSR count). The lowest BCUT2D eigenvalue weighted by Crippen LogP contribution is -2.26. The van der Waals surface area contributed by atoms with E-state index in [1.54, 1.807) is 18.0 Å².